The molecule has 8 heteroatoms. The Kier molecular flexibility index (Phi) is 6.17. The number of amides is 1. The Labute approximate surface area is 196 Å². The van der Waals surface area contributed by atoms with Gasteiger partial charge in [-0.2, -0.15) is 0 Å². The van der Waals surface area contributed by atoms with Gasteiger partial charge in [-0.25, -0.2) is 0 Å². The maximum Gasteiger partial charge on any atom is 0.242 e. The highest BCUT2D eigenvalue weighted by molar-refractivity contribution is 8.00. The number of anilines is 1. The molecule has 2 heterocycles. The molecular formula is C25H24N4O3S. The number of methoxy groups -OCH3 is 1. The number of furan rings is 1. The number of hydrogen-bond acceptors (Lipinski definition) is 6. The summed E-state index contributed by atoms with van der Waals surface area (Å²) in [5, 5.41) is 12.2. The van der Waals surface area contributed by atoms with Crippen molar-refractivity contribution in [1.29, 1.82) is 0 Å². The molecule has 1 aliphatic rings. The van der Waals surface area contributed by atoms with Crippen LogP contribution >= 0.6 is 11.8 Å². The summed E-state index contributed by atoms with van der Waals surface area (Å²) in [7, 11) is 1.60. The van der Waals surface area contributed by atoms with Gasteiger partial charge in [0, 0.05) is 17.7 Å². The molecule has 1 aliphatic carbocycles. The van der Waals surface area contributed by atoms with Crippen LogP contribution in [0.25, 0.3) is 0 Å². The van der Waals surface area contributed by atoms with Crippen LogP contribution in [0.4, 0.5) is 5.69 Å². The Morgan fingerprint density at radius 2 is 2.00 bits per heavy atom. The summed E-state index contributed by atoms with van der Waals surface area (Å²) in [5.41, 5.74) is 1.57. The number of nitrogens with one attached hydrogen (secondary N) is 1. The quantitative estimate of drug-likeness (QED) is 0.342. The van der Waals surface area contributed by atoms with Crippen molar-refractivity contribution < 1.29 is 13.9 Å². The molecule has 1 fully saturated rings. The number of carbonyl (C=O) groups excluding carboxylic acids is 1. The summed E-state index contributed by atoms with van der Waals surface area (Å²) < 4.78 is 12.9. The van der Waals surface area contributed by atoms with Crippen molar-refractivity contribution in [3.8, 4) is 5.75 Å². The van der Waals surface area contributed by atoms with E-state index in [4.69, 9.17) is 9.15 Å². The van der Waals surface area contributed by atoms with Gasteiger partial charge >= 0.3 is 0 Å². The maximum absolute atomic E-state index is 13.4. The van der Waals surface area contributed by atoms with Crippen LogP contribution in [0, 0.1) is 0 Å². The molecule has 1 N–H and O–H groups in total. The number of carbonyl (C=O) groups is 1. The van der Waals surface area contributed by atoms with Crippen LogP contribution in [-0.2, 0) is 11.3 Å². The van der Waals surface area contributed by atoms with Crippen molar-refractivity contribution in [2.45, 2.75) is 35.7 Å². The van der Waals surface area contributed by atoms with Crippen LogP contribution in [0.3, 0.4) is 0 Å². The van der Waals surface area contributed by atoms with Crippen molar-refractivity contribution in [3.63, 3.8) is 0 Å². The molecule has 1 unspecified atom stereocenters. The number of nitrogens with zero attached hydrogens (tertiary/aromatic N) is 3. The number of thioether (sulfide) groups is 1. The lowest BCUT2D eigenvalue weighted by Crippen LogP contribution is -2.19. The summed E-state index contributed by atoms with van der Waals surface area (Å²) in [4.78, 5) is 13.4. The summed E-state index contributed by atoms with van der Waals surface area (Å²) in [6, 6.07) is 20.9. The second kappa shape index (κ2) is 9.54. The molecule has 1 atom stereocenters. The van der Waals surface area contributed by atoms with Crippen LogP contribution in [0.15, 0.2) is 82.6 Å². The van der Waals surface area contributed by atoms with E-state index >= 15 is 0 Å². The highest BCUT2D eigenvalue weighted by atomic mass is 32.2. The monoisotopic (exact) mass is 460 g/mol. The van der Waals surface area contributed by atoms with Crippen molar-refractivity contribution in [1.82, 2.24) is 14.8 Å². The highest BCUT2D eigenvalue weighted by Gasteiger charge is 2.32. The number of aromatic nitrogens is 3. The fourth-order valence-electron chi connectivity index (χ4n) is 3.65. The van der Waals surface area contributed by atoms with E-state index < -0.39 is 5.25 Å². The molecule has 4 aromatic rings. The topological polar surface area (TPSA) is 82.2 Å². The number of ether oxygens (including phenoxy) is 1. The van der Waals surface area contributed by atoms with Crippen LogP contribution in [0.2, 0.25) is 0 Å². The van der Waals surface area contributed by atoms with Gasteiger partial charge in [-0.3, -0.25) is 9.36 Å². The van der Waals surface area contributed by atoms with Crippen molar-refractivity contribution in [2.24, 2.45) is 0 Å². The molecule has 7 nitrogen and oxygen atoms in total. The molecule has 2 aromatic heterocycles. The van der Waals surface area contributed by atoms with Crippen LogP contribution in [0.5, 0.6) is 5.75 Å². The van der Waals surface area contributed by atoms with E-state index in [0.717, 1.165) is 30.0 Å². The lowest BCUT2D eigenvalue weighted by Gasteiger charge is -2.17. The second-order valence-electron chi connectivity index (χ2n) is 7.91. The maximum atomic E-state index is 13.4. The molecule has 5 rings (SSSR count). The van der Waals surface area contributed by atoms with Gasteiger partial charge in [-0.15, -0.1) is 10.2 Å². The smallest absolute Gasteiger partial charge is 0.242 e. The van der Waals surface area contributed by atoms with Crippen molar-refractivity contribution in [2.75, 3.05) is 12.4 Å². The Balaban J connectivity index is 1.45. The molecule has 1 amide bonds. The summed E-state index contributed by atoms with van der Waals surface area (Å²) in [6.45, 7) is 0.535. The van der Waals surface area contributed by atoms with Crippen LogP contribution in [0.1, 0.15) is 41.2 Å². The van der Waals surface area contributed by atoms with E-state index in [0.29, 0.717) is 29.1 Å². The average molecular weight is 461 g/mol. The third-order valence-corrected chi connectivity index (χ3v) is 6.72. The minimum Gasteiger partial charge on any atom is -0.497 e. The van der Waals surface area contributed by atoms with Crippen LogP contribution < -0.4 is 10.1 Å². The number of rotatable bonds is 9. The molecule has 0 radical (unpaired) electrons. The molecule has 0 aliphatic heterocycles. The lowest BCUT2D eigenvalue weighted by atomic mass is 10.1. The van der Waals surface area contributed by atoms with Gasteiger partial charge in [0.1, 0.15) is 22.6 Å². The van der Waals surface area contributed by atoms with Gasteiger partial charge in [-0.05, 0) is 42.7 Å². The highest BCUT2D eigenvalue weighted by Crippen LogP contribution is 2.42. The third kappa shape index (κ3) is 4.96. The normalized spacial score (nSPS) is 14.1. The van der Waals surface area contributed by atoms with Gasteiger partial charge in [0.05, 0.1) is 19.9 Å². The van der Waals surface area contributed by atoms with E-state index in [-0.39, 0.29) is 5.91 Å². The summed E-state index contributed by atoms with van der Waals surface area (Å²) >= 11 is 1.40. The third-order valence-electron chi connectivity index (χ3n) is 5.48. The van der Waals surface area contributed by atoms with Crippen molar-refractivity contribution >= 4 is 23.4 Å². The predicted molar refractivity (Wildman–Crippen MR) is 126 cm³/mol. The van der Waals surface area contributed by atoms with E-state index in [9.17, 15) is 4.79 Å². The van der Waals surface area contributed by atoms with E-state index in [1.54, 1.807) is 19.4 Å². The average Bonchev–Trinajstić information content (AvgIpc) is 3.41. The summed E-state index contributed by atoms with van der Waals surface area (Å²) in [5.74, 6) is 2.75. The van der Waals surface area contributed by atoms with E-state index in [1.165, 1.54) is 11.8 Å². The molecular weight excluding hydrogens is 436 g/mol. The zero-order valence-corrected chi connectivity index (χ0v) is 19.0. The molecule has 2 aromatic carbocycles. The Morgan fingerprint density at radius 3 is 2.73 bits per heavy atom. The molecule has 0 bridgehead atoms. The largest absolute Gasteiger partial charge is 0.497 e. The van der Waals surface area contributed by atoms with E-state index in [1.807, 2.05) is 60.7 Å². The SMILES string of the molecule is COc1cccc(NC(=O)C(Sc2nnc(C3CC3)n2Cc2ccco2)c2ccccc2)c1. The molecule has 33 heavy (non-hydrogen) atoms. The Morgan fingerprint density at radius 1 is 1.15 bits per heavy atom. The fourth-order valence-corrected chi connectivity index (χ4v) is 4.70. The van der Waals surface area contributed by atoms with Gasteiger partial charge < -0.3 is 14.5 Å². The van der Waals surface area contributed by atoms with Gasteiger partial charge in [0.15, 0.2) is 5.16 Å². The molecule has 1 saturated carbocycles. The molecule has 0 spiro atoms. The minimum atomic E-state index is -0.510. The van der Waals surface area contributed by atoms with E-state index in [2.05, 4.69) is 20.1 Å². The lowest BCUT2D eigenvalue weighted by molar-refractivity contribution is -0.115. The minimum absolute atomic E-state index is 0.139. The molecule has 0 saturated heterocycles. The van der Waals surface area contributed by atoms with Gasteiger partial charge in [0.2, 0.25) is 5.91 Å². The second-order valence-corrected chi connectivity index (χ2v) is 8.98. The van der Waals surface area contributed by atoms with Gasteiger partial charge in [-0.1, -0.05) is 48.2 Å². The first-order valence-corrected chi connectivity index (χ1v) is 11.7. The first kappa shape index (κ1) is 21.3. The Hall–Kier alpha value is -3.52. The number of benzene rings is 2. The van der Waals surface area contributed by atoms with Gasteiger partial charge in [0.25, 0.3) is 0 Å². The number of hydrogen-bond donors (Lipinski definition) is 1. The predicted octanol–water partition coefficient (Wildman–Crippen LogP) is 5.28. The van der Waals surface area contributed by atoms with Crippen molar-refractivity contribution in [3.05, 3.63) is 90.1 Å². The zero-order valence-electron chi connectivity index (χ0n) is 18.2. The fraction of sp³-hybridized carbons (Fsp3) is 0.240. The Bertz CT molecular complexity index is 1220. The van der Waals surface area contributed by atoms with Crippen LogP contribution in [-0.4, -0.2) is 27.8 Å². The first-order chi connectivity index (χ1) is 16.2. The molecule has 168 valence electrons. The first-order valence-electron chi connectivity index (χ1n) is 10.8. The zero-order chi connectivity index (χ0) is 22.6. The summed E-state index contributed by atoms with van der Waals surface area (Å²) in [6.07, 6.45) is 3.89. The standard InChI is InChI=1S/C25H24N4O3S/c1-31-20-10-5-9-19(15-20)26-24(30)22(17-7-3-2-4-8-17)33-25-28-27-23(18-12-13-18)29(25)16-21-11-6-14-32-21/h2-11,14-15,18,22H,12-13,16H2,1H3,(H,26,30).